The van der Waals surface area contributed by atoms with Gasteiger partial charge in [0.15, 0.2) is 5.78 Å². The van der Waals surface area contributed by atoms with E-state index in [0.717, 1.165) is 5.56 Å². The Balaban J connectivity index is 2.34. The maximum absolute atomic E-state index is 12.3. The van der Waals surface area contributed by atoms with Gasteiger partial charge in [0.1, 0.15) is 0 Å². The molecule has 0 aromatic heterocycles. The van der Waals surface area contributed by atoms with Gasteiger partial charge in [-0.15, -0.1) is 11.8 Å². The molecule has 19 heavy (non-hydrogen) atoms. The van der Waals surface area contributed by atoms with Crippen LogP contribution in [0.3, 0.4) is 0 Å². The van der Waals surface area contributed by atoms with Crippen LogP contribution in [0, 0.1) is 0 Å². The van der Waals surface area contributed by atoms with E-state index in [4.69, 9.17) is 11.6 Å². The van der Waals surface area contributed by atoms with Crippen molar-refractivity contribution in [3.63, 3.8) is 0 Å². The number of hydrogen-bond donors (Lipinski definition) is 0. The van der Waals surface area contributed by atoms with Gasteiger partial charge in [0.25, 0.3) is 0 Å². The Morgan fingerprint density at radius 3 is 2.32 bits per heavy atom. The minimum Gasteiger partial charge on any atom is -0.289 e. The Labute approximate surface area is 122 Å². The summed E-state index contributed by atoms with van der Waals surface area (Å²) in [6.07, 6.45) is 1.95. The first kappa shape index (κ1) is 13.9. The average molecular weight is 289 g/mol. The minimum absolute atomic E-state index is 0.0102. The molecule has 0 aliphatic heterocycles. The predicted octanol–water partition coefficient (Wildman–Crippen LogP) is 4.82. The second-order valence-electron chi connectivity index (χ2n) is 3.98. The number of hydrogen-bond acceptors (Lipinski definition) is 2. The van der Waals surface area contributed by atoms with Crippen molar-refractivity contribution in [2.75, 3.05) is 6.26 Å². The van der Waals surface area contributed by atoms with Gasteiger partial charge in [-0.1, -0.05) is 60.1 Å². The Morgan fingerprint density at radius 1 is 1.00 bits per heavy atom. The van der Waals surface area contributed by atoms with E-state index in [1.165, 1.54) is 11.8 Å². The Hall–Kier alpha value is -1.51. The van der Waals surface area contributed by atoms with Crippen LogP contribution in [0.4, 0.5) is 0 Å². The summed E-state index contributed by atoms with van der Waals surface area (Å²) in [4.78, 5) is 12.3. The quantitative estimate of drug-likeness (QED) is 0.751. The molecule has 0 saturated carbocycles. The zero-order chi connectivity index (χ0) is 13.7. The first-order chi connectivity index (χ1) is 9.22. The second-order valence-corrected chi connectivity index (χ2v) is 5.09. The SMILES string of the molecule is CSC=C(Cl)c1cccc(C(=O)c2ccccc2)c1. The number of benzene rings is 2. The molecular weight excluding hydrogens is 276 g/mol. The third-order valence-electron chi connectivity index (χ3n) is 2.66. The molecule has 2 aromatic rings. The van der Waals surface area contributed by atoms with Crippen LogP contribution < -0.4 is 0 Å². The van der Waals surface area contributed by atoms with Crippen molar-refractivity contribution in [3.8, 4) is 0 Å². The van der Waals surface area contributed by atoms with Crippen LogP contribution in [0.2, 0.25) is 0 Å². The first-order valence-electron chi connectivity index (χ1n) is 5.81. The highest BCUT2D eigenvalue weighted by molar-refractivity contribution is 8.01. The van der Waals surface area contributed by atoms with Gasteiger partial charge in [0, 0.05) is 11.1 Å². The molecule has 96 valence electrons. The summed E-state index contributed by atoms with van der Waals surface area (Å²) in [7, 11) is 0. The first-order valence-corrected chi connectivity index (χ1v) is 7.47. The van der Waals surface area contributed by atoms with Gasteiger partial charge in [-0.3, -0.25) is 4.79 Å². The zero-order valence-corrected chi connectivity index (χ0v) is 12.0. The fraction of sp³-hybridized carbons (Fsp3) is 0.0625. The zero-order valence-electron chi connectivity index (χ0n) is 10.5. The van der Waals surface area contributed by atoms with Crippen LogP contribution >= 0.6 is 23.4 Å². The molecule has 0 N–H and O–H groups in total. The lowest BCUT2D eigenvalue weighted by atomic mass is 10.0. The molecule has 2 aromatic carbocycles. The fourth-order valence-corrected chi connectivity index (χ4v) is 2.46. The van der Waals surface area contributed by atoms with E-state index in [1.54, 1.807) is 0 Å². The van der Waals surface area contributed by atoms with Crippen LogP contribution in [0.15, 0.2) is 60.0 Å². The van der Waals surface area contributed by atoms with E-state index >= 15 is 0 Å². The molecule has 0 bridgehead atoms. The van der Waals surface area contributed by atoms with Gasteiger partial charge < -0.3 is 0 Å². The third-order valence-corrected chi connectivity index (χ3v) is 3.59. The molecule has 0 spiro atoms. The van der Waals surface area contributed by atoms with Crippen LogP contribution in [0.5, 0.6) is 0 Å². The molecular formula is C16H13ClOS. The van der Waals surface area contributed by atoms with Gasteiger partial charge >= 0.3 is 0 Å². The van der Waals surface area contributed by atoms with E-state index in [-0.39, 0.29) is 5.78 Å². The molecule has 2 rings (SSSR count). The molecule has 0 aliphatic carbocycles. The maximum Gasteiger partial charge on any atom is 0.193 e. The topological polar surface area (TPSA) is 17.1 Å². The highest BCUT2D eigenvalue weighted by Gasteiger charge is 2.09. The summed E-state index contributed by atoms with van der Waals surface area (Å²) >= 11 is 7.69. The monoisotopic (exact) mass is 288 g/mol. The van der Waals surface area contributed by atoms with Gasteiger partial charge in [-0.2, -0.15) is 0 Å². The molecule has 0 radical (unpaired) electrons. The van der Waals surface area contributed by atoms with Crippen molar-refractivity contribution < 1.29 is 4.79 Å². The Kier molecular flexibility index (Phi) is 4.83. The number of ketones is 1. The highest BCUT2D eigenvalue weighted by Crippen LogP contribution is 2.23. The molecule has 0 amide bonds. The summed E-state index contributed by atoms with van der Waals surface area (Å²) in [6, 6.07) is 16.6. The highest BCUT2D eigenvalue weighted by atomic mass is 35.5. The number of thioether (sulfide) groups is 1. The predicted molar refractivity (Wildman–Crippen MR) is 83.7 cm³/mol. The molecule has 0 aliphatic rings. The largest absolute Gasteiger partial charge is 0.289 e. The summed E-state index contributed by atoms with van der Waals surface area (Å²) in [5.74, 6) is 0.0102. The summed E-state index contributed by atoms with van der Waals surface area (Å²) in [5.41, 5.74) is 2.19. The average Bonchev–Trinajstić information content (AvgIpc) is 2.48. The van der Waals surface area contributed by atoms with Crippen molar-refractivity contribution in [2.45, 2.75) is 0 Å². The van der Waals surface area contributed by atoms with Gasteiger partial charge in [-0.05, 0) is 23.3 Å². The molecule has 0 unspecified atom stereocenters. The summed E-state index contributed by atoms with van der Waals surface area (Å²) in [5, 5.41) is 2.50. The Morgan fingerprint density at radius 2 is 1.63 bits per heavy atom. The maximum atomic E-state index is 12.3. The normalized spacial score (nSPS) is 11.4. The van der Waals surface area contributed by atoms with Gasteiger partial charge in [0.05, 0.1) is 5.03 Å². The summed E-state index contributed by atoms with van der Waals surface area (Å²) < 4.78 is 0. The molecule has 0 saturated heterocycles. The third kappa shape index (κ3) is 3.49. The van der Waals surface area contributed by atoms with E-state index in [1.807, 2.05) is 66.3 Å². The van der Waals surface area contributed by atoms with Crippen molar-refractivity contribution >= 4 is 34.2 Å². The van der Waals surface area contributed by atoms with Crippen molar-refractivity contribution in [1.82, 2.24) is 0 Å². The molecule has 1 nitrogen and oxygen atoms in total. The molecule has 0 atom stereocenters. The summed E-state index contributed by atoms with van der Waals surface area (Å²) in [6.45, 7) is 0. The number of carbonyl (C=O) groups excluding carboxylic acids is 1. The van der Waals surface area contributed by atoms with Crippen LogP contribution in [-0.2, 0) is 0 Å². The lowest BCUT2D eigenvalue weighted by molar-refractivity contribution is 0.103. The van der Waals surface area contributed by atoms with E-state index in [0.29, 0.717) is 16.2 Å². The van der Waals surface area contributed by atoms with E-state index < -0.39 is 0 Å². The van der Waals surface area contributed by atoms with E-state index in [2.05, 4.69) is 0 Å². The van der Waals surface area contributed by atoms with Gasteiger partial charge in [-0.25, -0.2) is 0 Å². The minimum atomic E-state index is 0.0102. The number of carbonyl (C=O) groups is 1. The van der Waals surface area contributed by atoms with Crippen molar-refractivity contribution in [3.05, 3.63) is 76.7 Å². The lowest BCUT2D eigenvalue weighted by Gasteiger charge is -2.04. The lowest BCUT2D eigenvalue weighted by Crippen LogP contribution is -2.01. The molecule has 3 heteroatoms. The molecule has 0 fully saturated rings. The van der Waals surface area contributed by atoms with Crippen LogP contribution in [0.1, 0.15) is 21.5 Å². The van der Waals surface area contributed by atoms with Gasteiger partial charge in [0.2, 0.25) is 0 Å². The van der Waals surface area contributed by atoms with Crippen molar-refractivity contribution in [1.29, 1.82) is 0 Å². The van der Waals surface area contributed by atoms with Crippen LogP contribution in [0.25, 0.3) is 5.03 Å². The van der Waals surface area contributed by atoms with E-state index in [9.17, 15) is 4.79 Å². The standard InChI is InChI=1S/C16H13ClOS/c1-19-11-15(17)13-8-5-9-14(10-13)16(18)12-6-3-2-4-7-12/h2-11H,1H3. The second kappa shape index (κ2) is 6.60. The van der Waals surface area contributed by atoms with Crippen LogP contribution in [-0.4, -0.2) is 12.0 Å². The fourth-order valence-electron chi connectivity index (χ4n) is 1.74. The smallest absolute Gasteiger partial charge is 0.193 e. The number of rotatable bonds is 4. The Bertz CT molecular complexity index is 605. The van der Waals surface area contributed by atoms with Crippen molar-refractivity contribution in [2.24, 2.45) is 0 Å². The molecule has 0 heterocycles. The number of halogens is 1.